The first-order valence-corrected chi connectivity index (χ1v) is 12.2. The van der Waals surface area contributed by atoms with Crippen molar-refractivity contribution in [3.63, 3.8) is 0 Å². The number of aromatic nitrogens is 2. The third-order valence-electron chi connectivity index (χ3n) is 6.00. The standard InChI is InChI=1S/C27H34FN3O4/c1-3-33-19-22(32)16-31(17-24-13-8-14-34-24)18-25-26(20-9-5-4-6-10-20)29-30(2)27(25)35-23-12-7-11-21(28)15-23/h4-7,9-12,15,22,24,32H,3,8,13-14,16-19H2,1-2H3/t22-,24+/m0/s1. The van der Waals surface area contributed by atoms with E-state index in [0.29, 0.717) is 37.9 Å². The smallest absolute Gasteiger partial charge is 0.222 e. The summed E-state index contributed by atoms with van der Waals surface area (Å²) in [5, 5.41) is 15.4. The molecular formula is C27H34FN3O4. The van der Waals surface area contributed by atoms with Crippen LogP contribution in [0, 0.1) is 5.82 Å². The normalized spacial score (nSPS) is 16.7. The van der Waals surface area contributed by atoms with Crippen LogP contribution in [0.2, 0.25) is 0 Å². The van der Waals surface area contributed by atoms with Crippen LogP contribution in [0.25, 0.3) is 11.3 Å². The summed E-state index contributed by atoms with van der Waals surface area (Å²) in [5.74, 6) is 0.565. The Bertz CT molecular complexity index is 1070. The van der Waals surface area contributed by atoms with Crippen LogP contribution in [0.15, 0.2) is 54.6 Å². The third-order valence-corrected chi connectivity index (χ3v) is 6.00. The zero-order valence-electron chi connectivity index (χ0n) is 20.4. The molecule has 4 rings (SSSR count). The van der Waals surface area contributed by atoms with Crippen molar-refractivity contribution in [2.24, 2.45) is 7.05 Å². The van der Waals surface area contributed by atoms with Gasteiger partial charge in [-0.3, -0.25) is 4.90 Å². The Morgan fingerprint density at radius 2 is 2.06 bits per heavy atom. The molecule has 8 heteroatoms. The Labute approximate surface area is 206 Å². The van der Waals surface area contributed by atoms with E-state index >= 15 is 0 Å². The molecule has 2 atom stereocenters. The Hall–Kier alpha value is -2.78. The zero-order chi connectivity index (χ0) is 24.6. The number of ether oxygens (including phenoxy) is 3. The summed E-state index contributed by atoms with van der Waals surface area (Å²) >= 11 is 0. The number of aryl methyl sites for hydroxylation is 1. The molecule has 0 bridgehead atoms. The van der Waals surface area contributed by atoms with Gasteiger partial charge < -0.3 is 19.3 Å². The summed E-state index contributed by atoms with van der Waals surface area (Å²) in [6.07, 6.45) is 1.50. The minimum atomic E-state index is -0.638. The van der Waals surface area contributed by atoms with Crippen LogP contribution >= 0.6 is 0 Å². The van der Waals surface area contributed by atoms with Crippen molar-refractivity contribution in [3.8, 4) is 22.9 Å². The van der Waals surface area contributed by atoms with E-state index in [1.807, 2.05) is 44.3 Å². The number of hydrogen-bond donors (Lipinski definition) is 1. The molecule has 0 aliphatic carbocycles. The molecule has 188 valence electrons. The molecule has 35 heavy (non-hydrogen) atoms. The van der Waals surface area contributed by atoms with Crippen molar-refractivity contribution in [2.75, 3.05) is 32.9 Å². The number of aliphatic hydroxyl groups is 1. The van der Waals surface area contributed by atoms with Crippen molar-refractivity contribution in [1.29, 1.82) is 0 Å². The van der Waals surface area contributed by atoms with Crippen molar-refractivity contribution in [3.05, 3.63) is 66.0 Å². The van der Waals surface area contributed by atoms with Crippen LogP contribution < -0.4 is 4.74 Å². The zero-order valence-corrected chi connectivity index (χ0v) is 20.4. The predicted molar refractivity (Wildman–Crippen MR) is 132 cm³/mol. The maximum absolute atomic E-state index is 13.9. The van der Waals surface area contributed by atoms with Crippen LogP contribution in [0.5, 0.6) is 11.6 Å². The highest BCUT2D eigenvalue weighted by Gasteiger charge is 2.26. The third kappa shape index (κ3) is 6.89. The minimum absolute atomic E-state index is 0.110. The largest absolute Gasteiger partial charge is 0.439 e. The lowest BCUT2D eigenvalue weighted by Gasteiger charge is -2.27. The number of nitrogens with zero attached hydrogens (tertiary/aromatic N) is 3. The summed E-state index contributed by atoms with van der Waals surface area (Å²) in [4.78, 5) is 2.17. The highest BCUT2D eigenvalue weighted by Crippen LogP contribution is 2.34. The van der Waals surface area contributed by atoms with Gasteiger partial charge in [0.05, 0.1) is 24.4 Å². The number of hydrogen-bond acceptors (Lipinski definition) is 6. The molecule has 0 spiro atoms. The molecule has 1 fully saturated rings. The minimum Gasteiger partial charge on any atom is -0.439 e. The molecule has 1 aliphatic rings. The first kappa shape index (κ1) is 25.3. The second kappa shape index (κ2) is 12.3. The fourth-order valence-electron chi connectivity index (χ4n) is 4.40. The molecule has 0 amide bonds. The van der Waals surface area contributed by atoms with Crippen molar-refractivity contribution < 1.29 is 23.7 Å². The summed E-state index contributed by atoms with van der Waals surface area (Å²) in [5.41, 5.74) is 2.61. The number of halogens is 1. The lowest BCUT2D eigenvalue weighted by molar-refractivity contribution is 0.00505. The Kier molecular flexibility index (Phi) is 8.87. The molecular weight excluding hydrogens is 449 g/mol. The van der Waals surface area contributed by atoms with Crippen LogP contribution in [-0.2, 0) is 23.1 Å². The van der Waals surface area contributed by atoms with Gasteiger partial charge in [0.1, 0.15) is 17.3 Å². The van der Waals surface area contributed by atoms with E-state index in [2.05, 4.69) is 4.90 Å². The monoisotopic (exact) mass is 483 g/mol. The Morgan fingerprint density at radius 3 is 2.77 bits per heavy atom. The SMILES string of the molecule is CCOC[C@@H](O)CN(Cc1c(-c2ccccc2)nn(C)c1Oc1cccc(F)c1)C[C@H]1CCCO1. The van der Waals surface area contributed by atoms with Crippen LogP contribution in [0.4, 0.5) is 4.39 Å². The summed E-state index contributed by atoms with van der Waals surface area (Å²) < 4.78 is 33.1. The van der Waals surface area contributed by atoms with Crippen molar-refractivity contribution >= 4 is 0 Å². The fraction of sp³-hybridized carbons (Fsp3) is 0.444. The van der Waals surface area contributed by atoms with Gasteiger partial charge in [-0.15, -0.1) is 0 Å². The first-order valence-electron chi connectivity index (χ1n) is 12.2. The van der Waals surface area contributed by atoms with Crippen LogP contribution in [-0.4, -0.2) is 64.9 Å². The predicted octanol–water partition coefficient (Wildman–Crippen LogP) is 4.40. The second-order valence-corrected chi connectivity index (χ2v) is 8.82. The molecule has 1 aromatic heterocycles. The van der Waals surface area contributed by atoms with Gasteiger partial charge in [-0.05, 0) is 31.9 Å². The Balaban J connectivity index is 1.67. The quantitative estimate of drug-likeness (QED) is 0.412. The Morgan fingerprint density at radius 1 is 1.23 bits per heavy atom. The van der Waals surface area contributed by atoms with E-state index < -0.39 is 6.10 Å². The summed E-state index contributed by atoms with van der Waals surface area (Å²) in [7, 11) is 1.82. The molecule has 2 heterocycles. The van der Waals surface area contributed by atoms with Gasteiger partial charge in [0.15, 0.2) is 0 Å². The van der Waals surface area contributed by atoms with E-state index in [-0.39, 0.29) is 18.5 Å². The molecule has 0 saturated carbocycles. The molecule has 0 unspecified atom stereocenters. The average molecular weight is 484 g/mol. The fourth-order valence-corrected chi connectivity index (χ4v) is 4.40. The topological polar surface area (TPSA) is 69.0 Å². The average Bonchev–Trinajstić information content (AvgIpc) is 3.47. The van der Waals surface area contributed by atoms with Crippen LogP contribution in [0.3, 0.4) is 0 Å². The van der Waals surface area contributed by atoms with E-state index in [0.717, 1.165) is 36.3 Å². The maximum atomic E-state index is 13.9. The lowest BCUT2D eigenvalue weighted by Crippen LogP contribution is -2.39. The van der Waals surface area contributed by atoms with Gasteiger partial charge in [0.2, 0.25) is 5.88 Å². The van der Waals surface area contributed by atoms with Crippen molar-refractivity contribution in [2.45, 2.75) is 38.5 Å². The molecule has 7 nitrogen and oxygen atoms in total. The highest BCUT2D eigenvalue weighted by atomic mass is 19.1. The van der Waals surface area contributed by atoms with Gasteiger partial charge in [0, 0.05) is 51.5 Å². The van der Waals surface area contributed by atoms with Gasteiger partial charge in [0.25, 0.3) is 0 Å². The second-order valence-electron chi connectivity index (χ2n) is 8.82. The van der Waals surface area contributed by atoms with Gasteiger partial charge >= 0.3 is 0 Å². The summed E-state index contributed by atoms with van der Waals surface area (Å²) in [6.45, 7) is 5.06. The van der Waals surface area contributed by atoms with Gasteiger partial charge in [-0.2, -0.15) is 5.10 Å². The van der Waals surface area contributed by atoms with E-state index in [4.69, 9.17) is 19.3 Å². The van der Waals surface area contributed by atoms with Gasteiger partial charge in [-0.25, -0.2) is 9.07 Å². The molecule has 1 N–H and O–H groups in total. The molecule has 1 aliphatic heterocycles. The van der Waals surface area contributed by atoms with E-state index in [1.165, 1.54) is 12.1 Å². The number of benzene rings is 2. The summed E-state index contributed by atoms with van der Waals surface area (Å²) in [6, 6.07) is 16.0. The van der Waals surface area contributed by atoms with E-state index in [1.54, 1.807) is 16.8 Å². The van der Waals surface area contributed by atoms with Crippen LogP contribution in [0.1, 0.15) is 25.3 Å². The highest BCUT2D eigenvalue weighted by molar-refractivity contribution is 5.65. The maximum Gasteiger partial charge on any atom is 0.222 e. The molecule has 0 radical (unpaired) electrons. The molecule has 3 aromatic rings. The molecule has 2 aromatic carbocycles. The number of rotatable bonds is 12. The van der Waals surface area contributed by atoms with E-state index in [9.17, 15) is 9.50 Å². The first-order chi connectivity index (χ1) is 17.0. The van der Waals surface area contributed by atoms with Gasteiger partial charge in [-0.1, -0.05) is 36.4 Å². The lowest BCUT2D eigenvalue weighted by atomic mass is 10.1. The van der Waals surface area contributed by atoms with Crippen molar-refractivity contribution in [1.82, 2.24) is 14.7 Å². The number of aliphatic hydroxyl groups excluding tert-OH is 1. The molecule has 1 saturated heterocycles.